The van der Waals surface area contributed by atoms with Crippen molar-refractivity contribution in [2.75, 3.05) is 11.1 Å². The van der Waals surface area contributed by atoms with E-state index in [0.717, 1.165) is 36.1 Å². The van der Waals surface area contributed by atoms with Crippen LogP contribution in [0, 0.1) is 18.3 Å². The van der Waals surface area contributed by atoms with Crippen LogP contribution in [0.25, 0.3) is 11.4 Å². The molecule has 29 heavy (non-hydrogen) atoms. The molecule has 3 heterocycles. The van der Waals surface area contributed by atoms with Gasteiger partial charge in [-0.3, -0.25) is 9.36 Å². The van der Waals surface area contributed by atoms with Gasteiger partial charge >= 0.3 is 0 Å². The summed E-state index contributed by atoms with van der Waals surface area (Å²) in [6.07, 6.45) is 6.36. The number of allylic oxidation sites excluding steroid dienone is 1. The first-order valence-electron chi connectivity index (χ1n) is 9.18. The Hall–Kier alpha value is -2.83. The summed E-state index contributed by atoms with van der Waals surface area (Å²) in [6, 6.07) is 4.09. The van der Waals surface area contributed by atoms with Crippen LogP contribution in [-0.4, -0.2) is 26.4 Å². The largest absolute Gasteiger partial charge is 0.469 e. The van der Waals surface area contributed by atoms with Crippen LogP contribution in [-0.2, 0) is 24.2 Å². The molecule has 148 valence electrons. The molecule has 4 rings (SSSR count). The second-order valence-electron chi connectivity index (χ2n) is 6.61. The van der Waals surface area contributed by atoms with Crippen LogP contribution in [0.4, 0.5) is 5.00 Å². The lowest BCUT2D eigenvalue weighted by atomic mass is 10.1. The Morgan fingerprint density at radius 2 is 2.38 bits per heavy atom. The number of amides is 1. The van der Waals surface area contributed by atoms with Crippen molar-refractivity contribution in [3.05, 3.63) is 46.7 Å². The van der Waals surface area contributed by atoms with Gasteiger partial charge in [0.15, 0.2) is 11.0 Å². The normalized spacial score (nSPS) is 12.6. The second kappa shape index (κ2) is 8.27. The molecule has 0 radical (unpaired) electrons. The lowest BCUT2D eigenvalue weighted by Crippen LogP contribution is -2.14. The Morgan fingerprint density at radius 1 is 1.52 bits per heavy atom. The van der Waals surface area contributed by atoms with Gasteiger partial charge in [-0.05, 0) is 37.8 Å². The number of carbonyl (C=O) groups excluding carboxylic acids is 1. The number of fused-ring (bicyclic) bond motifs is 1. The highest BCUT2D eigenvalue weighted by Crippen LogP contribution is 2.38. The van der Waals surface area contributed by atoms with Gasteiger partial charge in [0.1, 0.15) is 16.8 Å². The molecule has 0 unspecified atom stereocenters. The summed E-state index contributed by atoms with van der Waals surface area (Å²) in [5.41, 5.74) is 2.59. The topological polar surface area (TPSA) is 96.7 Å². The third-order valence-electron chi connectivity index (χ3n) is 4.75. The number of thiophene rings is 1. The highest BCUT2D eigenvalue weighted by Gasteiger charge is 2.23. The number of hydrogen-bond donors (Lipinski definition) is 1. The van der Waals surface area contributed by atoms with Crippen molar-refractivity contribution in [1.82, 2.24) is 14.8 Å². The quantitative estimate of drug-likeness (QED) is 0.450. The maximum absolute atomic E-state index is 12.5. The van der Waals surface area contributed by atoms with E-state index in [4.69, 9.17) is 4.42 Å². The minimum Gasteiger partial charge on any atom is -0.469 e. The standard InChI is InChI=1S/C20H19N5O2S2/c1-3-8-25-18(13-7-9-27-12(13)2)23-24-20(25)28-11-17(26)22-19-15(10-21)14-5-4-6-16(14)29-19/h3,7,9H,1,4-6,8,11H2,2H3,(H,22,26). The summed E-state index contributed by atoms with van der Waals surface area (Å²) < 4.78 is 7.28. The number of furan rings is 1. The number of thioether (sulfide) groups is 1. The van der Waals surface area contributed by atoms with E-state index in [1.165, 1.54) is 28.0 Å². The molecule has 1 N–H and O–H groups in total. The van der Waals surface area contributed by atoms with E-state index in [1.54, 1.807) is 12.3 Å². The van der Waals surface area contributed by atoms with Crippen molar-refractivity contribution < 1.29 is 9.21 Å². The van der Waals surface area contributed by atoms with Crippen molar-refractivity contribution in [1.29, 1.82) is 5.26 Å². The maximum Gasteiger partial charge on any atom is 0.235 e. The molecule has 0 aliphatic heterocycles. The van der Waals surface area contributed by atoms with Crippen molar-refractivity contribution in [2.24, 2.45) is 0 Å². The first-order valence-corrected chi connectivity index (χ1v) is 11.0. The van der Waals surface area contributed by atoms with Crippen molar-refractivity contribution >= 4 is 34.0 Å². The fourth-order valence-electron chi connectivity index (χ4n) is 3.41. The zero-order valence-electron chi connectivity index (χ0n) is 15.9. The van der Waals surface area contributed by atoms with Gasteiger partial charge in [-0.15, -0.1) is 28.1 Å². The van der Waals surface area contributed by atoms with Gasteiger partial charge in [-0.1, -0.05) is 17.8 Å². The van der Waals surface area contributed by atoms with E-state index >= 15 is 0 Å². The SMILES string of the molecule is C=CCn1c(SCC(=O)Nc2sc3c(c2C#N)CCC3)nnc1-c1ccoc1C. The average molecular weight is 426 g/mol. The molecule has 0 aromatic carbocycles. The Kier molecular flexibility index (Phi) is 5.56. The molecule has 0 fully saturated rings. The highest BCUT2D eigenvalue weighted by molar-refractivity contribution is 7.99. The predicted octanol–water partition coefficient (Wildman–Crippen LogP) is 4.19. The molecule has 1 aliphatic rings. The van der Waals surface area contributed by atoms with E-state index in [9.17, 15) is 10.1 Å². The van der Waals surface area contributed by atoms with Crippen LogP contribution in [0.15, 0.2) is 34.6 Å². The van der Waals surface area contributed by atoms with Gasteiger partial charge in [0.25, 0.3) is 0 Å². The molecule has 0 saturated heterocycles. The van der Waals surface area contributed by atoms with Crippen LogP contribution in [0.2, 0.25) is 0 Å². The number of aromatic nitrogens is 3. The number of carbonyl (C=O) groups is 1. The summed E-state index contributed by atoms with van der Waals surface area (Å²) >= 11 is 2.82. The molecule has 3 aromatic heterocycles. The van der Waals surface area contributed by atoms with Crippen molar-refractivity contribution in [3.8, 4) is 17.5 Å². The third kappa shape index (κ3) is 3.73. The Bertz CT molecular complexity index is 1120. The summed E-state index contributed by atoms with van der Waals surface area (Å²) in [5.74, 6) is 1.44. The van der Waals surface area contributed by atoms with Crippen LogP contribution in [0.3, 0.4) is 0 Å². The third-order valence-corrected chi connectivity index (χ3v) is 6.92. The molecule has 1 amide bonds. The predicted molar refractivity (Wildman–Crippen MR) is 113 cm³/mol. The smallest absolute Gasteiger partial charge is 0.235 e. The van der Waals surface area contributed by atoms with Gasteiger partial charge in [0, 0.05) is 11.4 Å². The highest BCUT2D eigenvalue weighted by atomic mass is 32.2. The summed E-state index contributed by atoms with van der Waals surface area (Å²) in [6.45, 7) is 6.19. The number of rotatable bonds is 7. The van der Waals surface area contributed by atoms with E-state index in [2.05, 4.69) is 28.2 Å². The maximum atomic E-state index is 12.5. The Labute approximate surface area is 176 Å². The van der Waals surface area contributed by atoms with Crippen LogP contribution in [0.1, 0.15) is 28.2 Å². The van der Waals surface area contributed by atoms with Gasteiger partial charge in [-0.2, -0.15) is 5.26 Å². The summed E-state index contributed by atoms with van der Waals surface area (Å²) in [7, 11) is 0. The van der Waals surface area contributed by atoms with Crippen molar-refractivity contribution in [3.63, 3.8) is 0 Å². The second-order valence-corrected chi connectivity index (χ2v) is 8.65. The lowest BCUT2D eigenvalue weighted by molar-refractivity contribution is -0.113. The zero-order chi connectivity index (χ0) is 20.4. The molecule has 1 aliphatic carbocycles. The average Bonchev–Trinajstić information content (AvgIpc) is 3.45. The molecule has 7 nitrogen and oxygen atoms in total. The fraction of sp³-hybridized carbons (Fsp3) is 0.300. The minimum absolute atomic E-state index is 0.166. The molecular weight excluding hydrogens is 406 g/mol. The molecule has 0 saturated carbocycles. The first kappa shape index (κ1) is 19.5. The summed E-state index contributed by atoms with van der Waals surface area (Å²) in [4.78, 5) is 13.7. The zero-order valence-corrected chi connectivity index (χ0v) is 17.5. The minimum atomic E-state index is -0.166. The van der Waals surface area contributed by atoms with E-state index in [-0.39, 0.29) is 11.7 Å². The summed E-state index contributed by atoms with van der Waals surface area (Å²) in [5, 5.41) is 22.2. The van der Waals surface area contributed by atoms with Crippen LogP contribution in [0.5, 0.6) is 0 Å². The Morgan fingerprint density at radius 3 is 3.10 bits per heavy atom. The fourth-order valence-corrected chi connectivity index (χ4v) is 5.41. The van der Waals surface area contributed by atoms with Gasteiger partial charge in [-0.25, -0.2) is 0 Å². The van der Waals surface area contributed by atoms with Gasteiger partial charge in [0.2, 0.25) is 5.91 Å². The van der Waals surface area contributed by atoms with E-state index in [0.29, 0.717) is 28.1 Å². The first-order chi connectivity index (χ1) is 14.1. The molecule has 0 bridgehead atoms. The molecule has 9 heteroatoms. The number of nitriles is 1. The van der Waals surface area contributed by atoms with Crippen LogP contribution >= 0.6 is 23.1 Å². The van der Waals surface area contributed by atoms with Crippen LogP contribution < -0.4 is 5.32 Å². The lowest BCUT2D eigenvalue weighted by Gasteiger charge is -2.07. The van der Waals surface area contributed by atoms with Gasteiger partial charge in [0.05, 0.1) is 23.1 Å². The van der Waals surface area contributed by atoms with Gasteiger partial charge < -0.3 is 9.73 Å². The molecule has 0 atom stereocenters. The Balaban J connectivity index is 1.48. The van der Waals surface area contributed by atoms with E-state index < -0.39 is 0 Å². The number of nitrogens with one attached hydrogen (secondary N) is 1. The van der Waals surface area contributed by atoms with Crippen molar-refractivity contribution in [2.45, 2.75) is 37.9 Å². The number of nitrogens with zero attached hydrogens (tertiary/aromatic N) is 4. The number of anilines is 1. The molecule has 0 spiro atoms. The molecular formula is C20H19N5O2S2. The number of aryl methyl sites for hydroxylation is 2. The van der Waals surface area contributed by atoms with E-state index in [1.807, 2.05) is 17.6 Å². The number of hydrogen-bond acceptors (Lipinski definition) is 7. The monoisotopic (exact) mass is 425 g/mol. The molecule has 3 aromatic rings.